The van der Waals surface area contributed by atoms with Crippen molar-refractivity contribution in [3.63, 3.8) is 0 Å². The number of hydrogen-bond acceptors (Lipinski definition) is 7. The van der Waals surface area contributed by atoms with E-state index in [2.05, 4.69) is 0 Å². The molecule has 1 saturated heterocycles. The van der Waals surface area contributed by atoms with Crippen LogP contribution in [0.1, 0.15) is 23.7 Å². The van der Waals surface area contributed by atoms with Gasteiger partial charge in [0.1, 0.15) is 5.75 Å². The fraction of sp³-hybridized carbons (Fsp3) is 0.500. The van der Waals surface area contributed by atoms with Gasteiger partial charge in [-0.25, -0.2) is 8.42 Å². The number of rotatable bonds is 7. The Morgan fingerprint density at radius 2 is 1.96 bits per heavy atom. The molecule has 1 fully saturated rings. The summed E-state index contributed by atoms with van der Waals surface area (Å²) in [6, 6.07) is 6.56. The summed E-state index contributed by atoms with van der Waals surface area (Å²) in [5, 5.41) is -0.0739. The van der Waals surface area contributed by atoms with Gasteiger partial charge in [0, 0.05) is 10.8 Å². The summed E-state index contributed by atoms with van der Waals surface area (Å²) in [7, 11) is -1.42. The van der Waals surface area contributed by atoms with Crippen molar-refractivity contribution in [1.82, 2.24) is 0 Å². The van der Waals surface area contributed by atoms with E-state index in [-0.39, 0.29) is 28.3 Å². The molecule has 1 aliphatic heterocycles. The second-order valence-electron chi connectivity index (χ2n) is 5.56. The van der Waals surface area contributed by atoms with Crippen LogP contribution in [0, 0.1) is 0 Å². The van der Waals surface area contributed by atoms with Crippen LogP contribution in [0.3, 0.4) is 0 Å². The van der Waals surface area contributed by atoms with Gasteiger partial charge >= 0.3 is 5.97 Å². The van der Waals surface area contributed by atoms with Gasteiger partial charge in [0.2, 0.25) is 5.78 Å². The van der Waals surface area contributed by atoms with Crippen molar-refractivity contribution >= 4 is 33.4 Å². The van der Waals surface area contributed by atoms with E-state index in [4.69, 9.17) is 9.47 Å². The van der Waals surface area contributed by atoms with E-state index >= 15 is 0 Å². The van der Waals surface area contributed by atoms with E-state index in [1.165, 1.54) is 25.8 Å². The maximum atomic E-state index is 12.2. The minimum atomic E-state index is -2.96. The number of benzene rings is 1. The molecule has 1 aliphatic rings. The molecule has 0 amide bonds. The van der Waals surface area contributed by atoms with Gasteiger partial charge in [0.25, 0.3) is 0 Å². The van der Waals surface area contributed by atoms with Crippen molar-refractivity contribution in [2.75, 3.05) is 24.4 Å². The van der Waals surface area contributed by atoms with Gasteiger partial charge in [0.05, 0.1) is 24.4 Å². The molecule has 0 radical (unpaired) electrons. The molecule has 2 atom stereocenters. The highest BCUT2D eigenvalue weighted by atomic mass is 32.2. The first kappa shape index (κ1) is 18.8. The lowest BCUT2D eigenvalue weighted by Crippen LogP contribution is -2.25. The number of sulfone groups is 1. The van der Waals surface area contributed by atoms with Crippen LogP contribution >= 0.6 is 11.8 Å². The third-order valence-corrected chi connectivity index (χ3v) is 6.93. The van der Waals surface area contributed by atoms with Crippen LogP contribution in [-0.4, -0.2) is 55.9 Å². The monoisotopic (exact) mass is 372 g/mol. The maximum absolute atomic E-state index is 12.2. The Morgan fingerprint density at radius 1 is 1.29 bits per heavy atom. The number of ether oxygens (including phenoxy) is 2. The third kappa shape index (κ3) is 5.24. The predicted molar refractivity (Wildman–Crippen MR) is 92.4 cm³/mol. The lowest BCUT2D eigenvalue weighted by molar-refractivity contribution is -0.143. The van der Waals surface area contributed by atoms with Crippen LogP contribution in [-0.2, 0) is 19.4 Å². The molecule has 132 valence electrons. The quantitative estimate of drug-likeness (QED) is 0.532. The average Bonchev–Trinajstić information content (AvgIpc) is 2.91. The molecule has 0 N–H and O–H groups in total. The topological polar surface area (TPSA) is 86.7 Å². The van der Waals surface area contributed by atoms with Gasteiger partial charge in [-0.1, -0.05) is 0 Å². The Kier molecular flexibility index (Phi) is 6.28. The minimum Gasteiger partial charge on any atom is -0.497 e. The second-order valence-corrected chi connectivity index (χ2v) is 9.08. The minimum absolute atomic E-state index is 0.0421. The molecule has 0 spiro atoms. The predicted octanol–water partition coefficient (Wildman–Crippen LogP) is 1.73. The van der Waals surface area contributed by atoms with Crippen molar-refractivity contribution < 1.29 is 27.5 Å². The molecule has 0 unspecified atom stereocenters. The van der Waals surface area contributed by atoms with E-state index in [1.807, 2.05) is 0 Å². The molecular formula is C16H20O6S2. The van der Waals surface area contributed by atoms with Crippen LogP contribution in [0.2, 0.25) is 0 Å². The molecule has 2 rings (SSSR count). The molecule has 0 bridgehead atoms. The fourth-order valence-electron chi connectivity index (χ4n) is 2.35. The summed E-state index contributed by atoms with van der Waals surface area (Å²) >= 11 is 1.27. The highest BCUT2D eigenvalue weighted by Crippen LogP contribution is 2.24. The summed E-state index contributed by atoms with van der Waals surface area (Å²) in [6.07, 6.45) is -0.334. The van der Waals surface area contributed by atoms with Crippen molar-refractivity contribution in [3.05, 3.63) is 29.8 Å². The van der Waals surface area contributed by atoms with Crippen LogP contribution in [0.5, 0.6) is 5.75 Å². The highest BCUT2D eigenvalue weighted by Gasteiger charge is 2.29. The summed E-state index contributed by atoms with van der Waals surface area (Å²) in [4.78, 5) is 24.1. The normalized spacial score (nSPS) is 20.3. The summed E-state index contributed by atoms with van der Waals surface area (Å²) in [6.45, 7) is 1.52. The van der Waals surface area contributed by atoms with E-state index in [1.54, 1.807) is 24.3 Å². The standard InChI is InChI=1S/C16H20O6S2/c1-11(16(18)12-3-5-13(21-2)6-4-12)22-15(17)9-23-14-7-8-24(19,20)10-14/h3-6,11,14H,7-10H2,1-2H3/t11-,14-/m0/s1. The van der Waals surface area contributed by atoms with Crippen LogP contribution in [0.4, 0.5) is 0 Å². The smallest absolute Gasteiger partial charge is 0.316 e. The SMILES string of the molecule is COc1ccc(C(=O)[C@H](C)OC(=O)CS[C@H]2CCS(=O)(=O)C2)cc1. The lowest BCUT2D eigenvalue weighted by atomic mass is 10.1. The molecule has 8 heteroatoms. The number of carbonyl (C=O) groups excluding carboxylic acids is 2. The van der Waals surface area contributed by atoms with Crippen molar-refractivity contribution in [2.45, 2.75) is 24.7 Å². The van der Waals surface area contributed by atoms with Crippen molar-refractivity contribution in [2.24, 2.45) is 0 Å². The number of esters is 1. The van der Waals surface area contributed by atoms with Crippen molar-refractivity contribution in [3.8, 4) is 5.75 Å². The summed E-state index contributed by atoms with van der Waals surface area (Å²) in [5.41, 5.74) is 0.436. The Bertz CT molecular complexity index is 696. The Hall–Kier alpha value is -1.54. The Morgan fingerprint density at radius 3 is 2.50 bits per heavy atom. The zero-order chi connectivity index (χ0) is 17.7. The molecule has 24 heavy (non-hydrogen) atoms. The van der Waals surface area contributed by atoms with E-state index < -0.39 is 21.9 Å². The highest BCUT2D eigenvalue weighted by molar-refractivity contribution is 8.02. The number of hydrogen-bond donors (Lipinski definition) is 0. The van der Waals surface area contributed by atoms with E-state index in [0.717, 1.165) is 0 Å². The molecule has 1 aromatic carbocycles. The second kappa shape index (κ2) is 8.02. The number of methoxy groups -OCH3 is 1. The van der Waals surface area contributed by atoms with Gasteiger partial charge in [0.15, 0.2) is 15.9 Å². The van der Waals surface area contributed by atoms with Gasteiger partial charge in [-0.15, -0.1) is 11.8 Å². The Labute approximate surface area is 145 Å². The largest absolute Gasteiger partial charge is 0.497 e. The van der Waals surface area contributed by atoms with Gasteiger partial charge in [-0.3, -0.25) is 9.59 Å². The molecule has 6 nitrogen and oxygen atoms in total. The zero-order valence-corrected chi connectivity index (χ0v) is 15.2. The zero-order valence-electron chi connectivity index (χ0n) is 13.6. The van der Waals surface area contributed by atoms with E-state index in [0.29, 0.717) is 17.7 Å². The first-order valence-corrected chi connectivity index (χ1v) is 10.4. The number of Topliss-reactive ketones (excluding diaryl/α,β-unsaturated/α-hetero) is 1. The van der Waals surface area contributed by atoms with Crippen LogP contribution in [0.25, 0.3) is 0 Å². The molecule has 1 aromatic rings. The lowest BCUT2D eigenvalue weighted by Gasteiger charge is -2.13. The number of ketones is 1. The fourth-order valence-corrected chi connectivity index (χ4v) is 5.78. The molecule has 0 saturated carbocycles. The van der Waals surface area contributed by atoms with E-state index in [9.17, 15) is 18.0 Å². The average molecular weight is 372 g/mol. The van der Waals surface area contributed by atoms with Gasteiger partial charge < -0.3 is 9.47 Å². The van der Waals surface area contributed by atoms with Gasteiger partial charge in [-0.05, 0) is 37.6 Å². The number of carbonyl (C=O) groups is 2. The van der Waals surface area contributed by atoms with Gasteiger partial charge in [-0.2, -0.15) is 0 Å². The molecule has 1 heterocycles. The molecule has 0 aliphatic carbocycles. The van der Waals surface area contributed by atoms with Crippen molar-refractivity contribution in [1.29, 1.82) is 0 Å². The van der Waals surface area contributed by atoms with Crippen LogP contribution < -0.4 is 4.74 Å². The summed E-state index contributed by atoms with van der Waals surface area (Å²) in [5.74, 6) is 0.148. The number of thioether (sulfide) groups is 1. The third-order valence-electron chi connectivity index (χ3n) is 3.68. The summed E-state index contributed by atoms with van der Waals surface area (Å²) < 4.78 is 32.9. The first-order chi connectivity index (χ1) is 11.3. The maximum Gasteiger partial charge on any atom is 0.316 e. The molecule has 0 aromatic heterocycles. The first-order valence-electron chi connectivity index (χ1n) is 7.50. The van der Waals surface area contributed by atoms with Crippen LogP contribution in [0.15, 0.2) is 24.3 Å². The molecular weight excluding hydrogens is 352 g/mol. The Balaban J connectivity index is 1.81.